The van der Waals surface area contributed by atoms with E-state index in [1.807, 2.05) is 6.92 Å². The van der Waals surface area contributed by atoms with Gasteiger partial charge in [0.1, 0.15) is 17.5 Å². The standard InChI is InChI=1S/C13H14F2N4/c1-3-16-13-17-8(2)6-12(19-13)18-11-7-9(14)4-5-10(11)15/h4-7H,3H2,1-2H3,(H2,16,17,18,19). The third kappa shape index (κ3) is 3.37. The Hall–Kier alpha value is -2.24. The van der Waals surface area contributed by atoms with Crippen LogP contribution in [0.15, 0.2) is 24.3 Å². The molecule has 19 heavy (non-hydrogen) atoms. The second kappa shape index (κ2) is 5.60. The van der Waals surface area contributed by atoms with Crippen molar-refractivity contribution in [3.8, 4) is 0 Å². The van der Waals surface area contributed by atoms with E-state index in [4.69, 9.17) is 0 Å². The second-order valence-electron chi connectivity index (χ2n) is 4.00. The molecule has 0 atom stereocenters. The zero-order valence-electron chi connectivity index (χ0n) is 10.7. The number of rotatable bonds is 4. The average molecular weight is 264 g/mol. The van der Waals surface area contributed by atoms with Gasteiger partial charge in [0.05, 0.1) is 5.69 Å². The number of hydrogen-bond donors (Lipinski definition) is 2. The minimum Gasteiger partial charge on any atom is -0.354 e. The van der Waals surface area contributed by atoms with E-state index in [0.29, 0.717) is 18.3 Å². The molecule has 0 unspecified atom stereocenters. The molecule has 0 aliphatic rings. The number of halogens is 2. The molecule has 0 aliphatic heterocycles. The number of hydrogen-bond acceptors (Lipinski definition) is 4. The van der Waals surface area contributed by atoms with E-state index >= 15 is 0 Å². The summed E-state index contributed by atoms with van der Waals surface area (Å²) in [7, 11) is 0. The summed E-state index contributed by atoms with van der Waals surface area (Å²) in [6, 6.07) is 4.87. The Morgan fingerprint density at radius 3 is 2.68 bits per heavy atom. The molecule has 1 aromatic carbocycles. The van der Waals surface area contributed by atoms with Gasteiger partial charge in [0.15, 0.2) is 0 Å². The number of benzene rings is 1. The van der Waals surface area contributed by atoms with E-state index in [-0.39, 0.29) is 5.69 Å². The molecule has 6 heteroatoms. The molecule has 0 saturated carbocycles. The van der Waals surface area contributed by atoms with Gasteiger partial charge in [0.25, 0.3) is 0 Å². The lowest BCUT2D eigenvalue weighted by atomic mass is 10.3. The fraction of sp³-hybridized carbons (Fsp3) is 0.231. The fourth-order valence-corrected chi connectivity index (χ4v) is 1.60. The lowest BCUT2D eigenvalue weighted by Gasteiger charge is -2.09. The molecule has 0 radical (unpaired) electrons. The van der Waals surface area contributed by atoms with Crippen LogP contribution in [-0.4, -0.2) is 16.5 Å². The largest absolute Gasteiger partial charge is 0.354 e. The third-order valence-corrected chi connectivity index (χ3v) is 2.38. The smallest absolute Gasteiger partial charge is 0.224 e. The van der Waals surface area contributed by atoms with Crippen LogP contribution in [0.4, 0.5) is 26.2 Å². The first-order valence-electron chi connectivity index (χ1n) is 5.90. The minimum absolute atomic E-state index is 0.0422. The average Bonchev–Trinajstić information content (AvgIpc) is 2.33. The van der Waals surface area contributed by atoms with Crippen LogP contribution in [0.2, 0.25) is 0 Å². The van der Waals surface area contributed by atoms with Crippen molar-refractivity contribution >= 4 is 17.5 Å². The zero-order valence-corrected chi connectivity index (χ0v) is 10.7. The molecule has 0 saturated heterocycles. The van der Waals surface area contributed by atoms with Gasteiger partial charge in [-0.1, -0.05) is 0 Å². The predicted molar refractivity (Wildman–Crippen MR) is 70.6 cm³/mol. The first-order chi connectivity index (χ1) is 9.08. The van der Waals surface area contributed by atoms with Crippen LogP contribution in [0.5, 0.6) is 0 Å². The molecule has 0 aliphatic carbocycles. The molecule has 2 aromatic rings. The lowest BCUT2D eigenvalue weighted by Crippen LogP contribution is -2.06. The van der Waals surface area contributed by atoms with Crippen molar-refractivity contribution in [2.75, 3.05) is 17.2 Å². The van der Waals surface area contributed by atoms with Crippen LogP contribution in [0.3, 0.4) is 0 Å². The summed E-state index contributed by atoms with van der Waals surface area (Å²) in [5, 5.41) is 5.72. The third-order valence-electron chi connectivity index (χ3n) is 2.38. The van der Waals surface area contributed by atoms with E-state index in [1.165, 1.54) is 0 Å². The maximum absolute atomic E-state index is 13.5. The summed E-state index contributed by atoms with van der Waals surface area (Å²) in [5.41, 5.74) is 0.769. The van der Waals surface area contributed by atoms with Crippen molar-refractivity contribution in [3.63, 3.8) is 0 Å². The first kappa shape index (κ1) is 13.2. The van der Waals surface area contributed by atoms with Crippen LogP contribution in [0, 0.1) is 18.6 Å². The van der Waals surface area contributed by atoms with Crippen molar-refractivity contribution in [2.24, 2.45) is 0 Å². The van der Waals surface area contributed by atoms with E-state index < -0.39 is 11.6 Å². The maximum Gasteiger partial charge on any atom is 0.224 e. The van der Waals surface area contributed by atoms with Gasteiger partial charge in [-0.3, -0.25) is 0 Å². The van der Waals surface area contributed by atoms with Gasteiger partial charge in [-0.25, -0.2) is 13.8 Å². The zero-order chi connectivity index (χ0) is 13.8. The van der Waals surface area contributed by atoms with Crippen LogP contribution in [-0.2, 0) is 0 Å². The normalized spacial score (nSPS) is 10.3. The Morgan fingerprint density at radius 2 is 1.95 bits per heavy atom. The quantitative estimate of drug-likeness (QED) is 0.890. The molecule has 1 aromatic heterocycles. The summed E-state index contributed by atoms with van der Waals surface area (Å²) in [4.78, 5) is 8.34. The molecule has 100 valence electrons. The van der Waals surface area contributed by atoms with E-state index in [9.17, 15) is 8.78 Å². The van der Waals surface area contributed by atoms with Crippen molar-refractivity contribution in [3.05, 3.63) is 41.6 Å². The van der Waals surface area contributed by atoms with Crippen molar-refractivity contribution in [1.82, 2.24) is 9.97 Å². The van der Waals surface area contributed by atoms with Gasteiger partial charge in [-0.05, 0) is 26.0 Å². The molecule has 0 bridgehead atoms. The van der Waals surface area contributed by atoms with Crippen LogP contribution >= 0.6 is 0 Å². The molecule has 0 amide bonds. The second-order valence-corrected chi connectivity index (χ2v) is 4.00. The van der Waals surface area contributed by atoms with E-state index in [0.717, 1.165) is 23.9 Å². The summed E-state index contributed by atoms with van der Waals surface area (Å²) < 4.78 is 26.6. The van der Waals surface area contributed by atoms with Crippen LogP contribution < -0.4 is 10.6 Å². The van der Waals surface area contributed by atoms with Crippen LogP contribution in [0.1, 0.15) is 12.6 Å². The summed E-state index contributed by atoms with van der Waals surface area (Å²) >= 11 is 0. The molecule has 4 nitrogen and oxygen atoms in total. The molecule has 2 N–H and O–H groups in total. The summed E-state index contributed by atoms with van der Waals surface area (Å²) in [6.45, 7) is 4.40. The highest BCUT2D eigenvalue weighted by molar-refractivity contribution is 5.58. The maximum atomic E-state index is 13.5. The SMILES string of the molecule is CCNc1nc(C)cc(Nc2cc(F)ccc2F)n1. The molecule has 0 spiro atoms. The predicted octanol–water partition coefficient (Wildman–Crippen LogP) is 3.24. The highest BCUT2D eigenvalue weighted by Crippen LogP contribution is 2.20. The number of aryl methyl sites for hydroxylation is 1. The van der Waals surface area contributed by atoms with E-state index in [2.05, 4.69) is 20.6 Å². The van der Waals surface area contributed by atoms with Gasteiger partial charge in [-0.2, -0.15) is 4.98 Å². The lowest BCUT2D eigenvalue weighted by molar-refractivity contribution is 0.603. The minimum atomic E-state index is -0.539. The number of nitrogens with zero attached hydrogens (tertiary/aromatic N) is 2. The molecule has 0 fully saturated rings. The Kier molecular flexibility index (Phi) is 3.89. The Morgan fingerprint density at radius 1 is 1.16 bits per heavy atom. The van der Waals surface area contributed by atoms with Crippen molar-refractivity contribution in [2.45, 2.75) is 13.8 Å². The van der Waals surface area contributed by atoms with E-state index in [1.54, 1.807) is 13.0 Å². The number of anilines is 3. The van der Waals surface area contributed by atoms with Crippen molar-refractivity contribution in [1.29, 1.82) is 0 Å². The molecule has 1 heterocycles. The molecular formula is C13H14F2N4. The Labute approximate surface area is 109 Å². The van der Waals surface area contributed by atoms with Gasteiger partial charge >= 0.3 is 0 Å². The fourth-order valence-electron chi connectivity index (χ4n) is 1.60. The van der Waals surface area contributed by atoms with Gasteiger partial charge < -0.3 is 10.6 Å². The first-order valence-corrected chi connectivity index (χ1v) is 5.90. The number of aromatic nitrogens is 2. The molecular weight excluding hydrogens is 250 g/mol. The topological polar surface area (TPSA) is 49.8 Å². The van der Waals surface area contributed by atoms with Crippen molar-refractivity contribution < 1.29 is 8.78 Å². The summed E-state index contributed by atoms with van der Waals surface area (Å²) in [6.07, 6.45) is 0. The summed E-state index contributed by atoms with van der Waals surface area (Å²) in [5.74, 6) is -0.195. The Bertz CT molecular complexity index is 587. The highest BCUT2D eigenvalue weighted by Gasteiger charge is 2.07. The number of nitrogens with one attached hydrogen (secondary N) is 2. The highest BCUT2D eigenvalue weighted by atomic mass is 19.1. The molecule has 2 rings (SSSR count). The monoisotopic (exact) mass is 264 g/mol. The van der Waals surface area contributed by atoms with Crippen LogP contribution in [0.25, 0.3) is 0 Å². The van der Waals surface area contributed by atoms with Gasteiger partial charge in [0, 0.05) is 24.4 Å². The van der Waals surface area contributed by atoms with Gasteiger partial charge in [-0.15, -0.1) is 0 Å². The van der Waals surface area contributed by atoms with Gasteiger partial charge in [0.2, 0.25) is 5.95 Å². The Balaban J connectivity index is 2.29.